The zero-order valence-electron chi connectivity index (χ0n) is 21.7. The Labute approximate surface area is 235 Å². The van der Waals surface area contributed by atoms with Crippen molar-refractivity contribution in [2.75, 3.05) is 25.0 Å². The van der Waals surface area contributed by atoms with E-state index in [0.717, 1.165) is 5.56 Å². The Morgan fingerprint density at radius 1 is 1.12 bits per heavy atom. The second kappa shape index (κ2) is 12.4. The Balaban J connectivity index is 1.37. The number of amides is 2. The Hall–Kier alpha value is -4.14. The fourth-order valence-corrected chi connectivity index (χ4v) is 5.18. The van der Waals surface area contributed by atoms with Crippen molar-refractivity contribution < 1.29 is 24.2 Å². The van der Waals surface area contributed by atoms with Crippen LogP contribution in [0.25, 0.3) is 17.2 Å². The summed E-state index contributed by atoms with van der Waals surface area (Å²) in [7, 11) is 0. The molecule has 0 bridgehead atoms. The van der Waals surface area contributed by atoms with Crippen molar-refractivity contribution in [3.8, 4) is 0 Å². The van der Waals surface area contributed by atoms with Gasteiger partial charge >= 0.3 is 12.0 Å². The van der Waals surface area contributed by atoms with Crippen molar-refractivity contribution >= 4 is 52.4 Å². The number of nitrogens with zero attached hydrogens (tertiary/aromatic N) is 4. The Bertz CT molecular complexity index is 1400. The lowest BCUT2D eigenvalue weighted by atomic mass is 10.1. The molecule has 210 valence electrons. The van der Waals surface area contributed by atoms with E-state index in [4.69, 9.17) is 26.8 Å². The summed E-state index contributed by atoms with van der Waals surface area (Å²) < 4.78 is 14.7. The van der Waals surface area contributed by atoms with Crippen LogP contribution in [0.3, 0.4) is 0 Å². The van der Waals surface area contributed by atoms with E-state index in [1.54, 1.807) is 6.33 Å². The maximum atomic E-state index is 12.1. The Kier molecular flexibility index (Phi) is 8.48. The summed E-state index contributed by atoms with van der Waals surface area (Å²) in [4.78, 5) is 36.1. The van der Waals surface area contributed by atoms with Crippen molar-refractivity contribution in [3.05, 3.63) is 54.6 Å². The highest BCUT2D eigenvalue weighted by molar-refractivity contribution is 7.80. The molecule has 2 aromatic heterocycles. The molecule has 40 heavy (non-hydrogen) atoms. The molecule has 1 saturated heterocycles. The lowest BCUT2D eigenvalue weighted by molar-refractivity contribution is -0.135. The van der Waals surface area contributed by atoms with Gasteiger partial charge in [-0.2, -0.15) is 0 Å². The van der Waals surface area contributed by atoms with E-state index in [2.05, 4.69) is 36.2 Å². The molecule has 1 aliphatic carbocycles. The van der Waals surface area contributed by atoms with E-state index in [1.807, 2.05) is 54.0 Å². The number of carbonyl (C=O) groups excluding carboxylic acids is 1. The summed E-state index contributed by atoms with van der Waals surface area (Å²) >= 11 is 5.25. The molecule has 1 saturated carbocycles. The van der Waals surface area contributed by atoms with Gasteiger partial charge in [0, 0.05) is 19.0 Å². The number of carboxylic acids is 1. The first-order valence-electron chi connectivity index (χ1n) is 12.9. The lowest BCUT2D eigenvalue weighted by Crippen LogP contribution is -2.42. The largest absolute Gasteiger partial charge is 0.480 e. The first-order chi connectivity index (χ1) is 19.4. The lowest BCUT2D eigenvalue weighted by Gasteiger charge is -2.20. The van der Waals surface area contributed by atoms with Crippen LogP contribution in [0.2, 0.25) is 0 Å². The molecule has 0 spiro atoms. The standard InChI is InChI=1S/C26H30N8O5S/c1-2-27-25(37)33-23-20-24(31-13-30-23)34(14-32-20)17-10-16(11-28-26(40)29-12-18(35)36)21-22(17)39-19(38-21)9-8-15-6-4-3-5-7-15/h3-9,13-14,16-17,19,21-22H,2,10-12H2,1H3,(H,35,36)(H2,28,29,40)(H2,27,30,31,33,37)/b9-8+/t16?,17?,19-,21?,22?/m0/s1. The number of thiocarbonyl (C=S) groups is 1. The predicted molar refractivity (Wildman–Crippen MR) is 150 cm³/mol. The number of aromatic nitrogens is 4. The van der Waals surface area contributed by atoms with E-state index in [1.165, 1.54) is 6.33 Å². The third kappa shape index (κ3) is 6.19. The van der Waals surface area contributed by atoms with Crippen molar-refractivity contribution in [2.45, 2.75) is 37.9 Å². The molecule has 0 radical (unpaired) electrons. The van der Waals surface area contributed by atoms with Crippen LogP contribution < -0.4 is 21.3 Å². The predicted octanol–water partition coefficient (Wildman–Crippen LogP) is 1.90. The van der Waals surface area contributed by atoms with E-state index >= 15 is 0 Å². The van der Waals surface area contributed by atoms with Crippen LogP contribution in [0.1, 0.15) is 24.9 Å². The number of urea groups is 1. The van der Waals surface area contributed by atoms with Crippen LogP contribution in [-0.4, -0.2) is 79.9 Å². The van der Waals surface area contributed by atoms with Crippen LogP contribution in [-0.2, 0) is 14.3 Å². The smallest absolute Gasteiger partial charge is 0.322 e. The number of hydrogen-bond acceptors (Lipinski definition) is 8. The molecule has 5 atom stereocenters. The Morgan fingerprint density at radius 2 is 1.93 bits per heavy atom. The summed E-state index contributed by atoms with van der Waals surface area (Å²) in [6, 6.07) is 9.32. The summed E-state index contributed by atoms with van der Waals surface area (Å²) in [6.45, 7) is 2.48. The zero-order chi connectivity index (χ0) is 28.1. The monoisotopic (exact) mass is 566 g/mol. The van der Waals surface area contributed by atoms with Crippen LogP contribution in [0, 0.1) is 5.92 Å². The summed E-state index contributed by atoms with van der Waals surface area (Å²) in [5.41, 5.74) is 2.05. The number of fused-ring (bicyclic) bond motifs is 2. The molecule has 5 N–H and O–H groups in total. The van der Waals surface area contributed by atoms with Gasteiger partial charge in [0.25, 0.3) is 0 Å². The molecule has 3 heterocycles. The van der Waals surface area contributed by atoms with E-state index in [-0.39, 0.29) is 41.9 Å². The second-order valence-corrected chi connectivity index (χ2v) is 9.80. The van der Waals surface area contributed by atoms with E-state index in [0.29, 0.717) is 36.5 Å². The molecule has 13 nitrogen and oxygen atoms in total. The molecule has 1 aliphatic heterocycles. The average molecular weight is 567 g/mol. The molecule has 2 amide bonds. The minimum absolute atomic E-state index is 0.0121. The van der Waals surface area contributed by atoms with Gasteiger partial charge in [0.05, 0.1) is 18.5 Å². The van der Waals surface area contributed by atoms with Gasteiger partial charge in [-0.25, -0.2) is 19.7 Å². The first-order valence-corrected chi connectivity index (χ1v) is 13.3. The number of ether oxygens (including phenoxy) is 2. The maximum Gasteiger partial charge on any atom is 0.322 e. The summed E-state index contributed by atoms with van der Waals surface area (Å²) in [5.74, 6) is -0.702. The van der Waals surface area contributed by atoms with Gasteiger partial charge in [0.2, 0.25) is 0 Å². The van der Waals surface area contributed by atoms with Crippen LogP contribution in [0.4, 0.5) is 10.6 Å². The molecule has 2 aliphatic rings. The fourth-order valence-electron chi connectivity index (χ4n) is 5.02. The van der Waals surface area contributed by atoms with Gasteiger partial charge < -0.3 is 35.1 Å². The minimum Gasteiger partial charge on any atom is -0.480 e. The van der Waals surface area contributed by atoms with E-state index in [9.17, 15) is 9.59 Å². The van der Waals surface area contributed by atoms with Crippen LogP contribution in [0.5, 0.6) is 0 Å². The zero-order valence-corrected chi connectivity index (χ0v) is 22.5. The number of carbonyl (C=O) groups is 2. The van der Waals surface area contributed by atoms with Crippen molar-refractivity contribution in [3.63, 3.8) is 0 Å². The maximum absolute atomic E-state index is 12.1. The molecule has 2 fully saturated rings. The first kappa shape index (κ1) is 27.4. The number of imidazole rings is 1. The van der Waals surface area contributed by atoms with Crippen molar-refractivity contribution in [1.82, 2.24) is 35.5 Å². The van der Waals surface area contributed by atoms with Gasteiger partial charge in [-0.05, 0) is 37.2 Å². The molecular formula is C26H30N8O5S. The summed E-state index contributed by atoms with van der Waals surface area (Å²) in [5, 5.41) is 20.3. The molecule has 5 rings (SSSR count). The number of carboxylic acid groups (broad SMARTS) is 1. The number of benzene rings is 1. The van der Waals surface area contributed by atoms with Gasteiger partial charge in [-0.1, -0.05) is 36.4 Å². The normalized spacial score (nSPS) is 23.7. The van der Waals surface area contributed by atoms with Crippen molar-refractivity contribution in [2.24, 2.45) is 5.92 Å². The van der Waals surface area contributed by atoms with Gasteiger partial charge in [0.15, 0.2) is 28.4 Å². The third-order valence-corrected chi connectivity index (χ3v) is 7.04. The van der Waals surface area contributed by atoms with Crippen molar-refractivity contribution in [1.29, 1.82) is 0 Å². The summed E-state index contributed by atoms with van der Waals surface area (Å²) in [6.07, 6.45) is 6.43. The number of nitrogens with one attached hydrogen (secondary N) is 4. The van der Waals surface area contributed by atoms with Crippen LogP contribution in [0.15, 0.2) is 49.1 Å². The molecule has 4 unspecified atom stereocenters. The molecule has 1 aromatic carbocycles. The van der Waals surface area contributed by atoms with Crippen LogP contribution >= 0.6 is 12.2 Å². The van der Waals surface area contributed by atoms with E-state index < -0.39 is 12.3 Å². The fraction of sp³-hybridized carbons (Fsp3) is 0.385. The number of aliphatic carboxylic acids is 1. The third-order valence-electron chi connectivity index (χ3n) is 6.75. The second-order valence-electron chi connectivity index (χ2n) is 9.39. The molecular weight excluding hydrogens is 536 g/mol. The highest BCUT2D eigenvalue weighted by Gasteiger charge is 2.51. The van der Waals surface area contributed by atoms with Gasteiger partial charge in [-0.3, -0.25) is 10.1 Å². The minimum atomic E-state index is -0.999. The highest BCUT2D eigenvalue weighted by atomic mass is 32.1. The number of rotatable bonds is 9. The van der Waals surface area contributed by atoms with Gasteiger partial charge in [-0.15, -0.1) is 0 Å². The SMILES string of the molecule is CCNC(=O)Nc1ncnc2c1ncn2C1CC(CNC(=S)NCC(=O)O)C2O[C@H](/C=C/c3ccccc3)OC21. The highest BCUT2D eigenvalue weighted by Crippen LogP contribution is 2.45. The quantitative estimate of drug-likeness (QED) is 0.240. The number of anilines is 1. The number of hydrogen-bond donors (Lipinski definition) is 5. The van der Waals surface area contributed by atoms with Gasteiger partial charge in [0.1, 0.15) is 19.0 Å². The average Bonchev–Trinajstić information content (AvgIpc) is 3.64. The molecule has 14 heteroatoms. The Morgan fingerprint density at radius 3 is 2.70 bits per heavy atom. The topological polar surface area (TPSA) is 165 Å². The molecule has 3 aromatic rings.